The van der Waals surface area contributed by atoms with E-state index in [4.69, 9.17) is 0 Å². The van der Waals surface area contributed by atoms with Gasteiger partial charge in [0, 0.05) is 17.8 Å². The summed E-state index contributed by atoms with van der Waals surface area (Å²) in [5, 5.41) is 1.17. The van der Waals surface area contributed by atoms with Crippen LogP contribution < -0.4 is 0 Å². The normalized spacial score (nSPS) is 10.9. The largest absolute Gasteiger partial charge is 0.315 e. The van der Waals surface area contributed by atoms with Crippen molar-refractivity contribution in [3.63, 3.8) is 0 Å². The topological polar surface area (TPSA) is 17.8 Å². The lowest BCUT2D eigenvalue weighted by atomic mass is 10.2. The van der Waals surface area contributed by atoms with Crippen LogP contribution in [0.2, 0.25) is 0 Å². The SMILES string of the molecule is C=Cn1c2ccccc2c2ncccc21. The summed E-state index contributed by atoms with van der Waals surface area (Å²) in [7, 11) is 0. The molecule has 0 aliphatic carbocycles. The molecule has 0 N–H and O–H groups in total. The minimum absolute atomic E-state index is 1.04. The molecule has 0 saturated heterocycles. The zero-order valence-electron chi connectivity index (χ0n) is 8.22. The van der Waals surface area contributed by atoms with Crippen LogP contribution in [0.25, 0.3) is 28.1 Å². The van der Waals surface area contributed by atoms with Crippen LogP contribution in [-0.4, -0.2) is 9.55 Å². The van der Waals surface area contributed by atoms with Gasteiger partial charge in [0.25, 0.3) is 0 Å². The maximum atomic E-state index is 4.41. The Hall–Kier alpha value is -2.09. The first-order valence-electron chi connectivity index (χ1n) is 4.88. The zero-order valence-corrected chi connectivity index (χ0v) is 8.22. The second-order valence-electron chi connectivity index (χ2n) is 3.44. The first kappa shape index (κ1) is 8.24. The molecule has 2 aromatic heterocycles. The number of fused-ring (bicyclic) bond motifs is 3. The quantitative estimate of drug-likeness (QED) is 0.581. The standard InChI is InChI=1S/C13H10N2/c1-2-15-11-7-4-3-6-10(11)13-12(15)8-5-9-14-13/h2-9H,1H2. The number of benzene rings is 1. The van der Waals surface area contributed by atoms with Gasteiger partial charge in [0.2, 0.25) is 0 Å². The Morgan fingerprint density at radius 1 is 1.07 bits per heavy atom. The summed E-state index contributed by atoms with van der Waals surface area (Å²) in [6, 6.07) is 12.2. The van der Waals surface area contributed by atoms with Gasteiger partial charge in [-0.05, 0) is 18.2 Å². The number of para-hydroxylation sites is 1. The Morgan fingerprint density at radius 3 is 2.73 bits per heavy atom. The van der Waals surface area contributed by atoms with Gasteiger partial charge < -0.3 is 4.57 Å². The van der Waals surface area contributed by atoms with Crippen molar-refractivity contribution in [3.8, 4) is 0 Å². The van der Waals surface area contributed by atoms with Crippen LogP contribution in [0.3, 0.4) is 0 Å². The van der Waals surface area contributed by atoms with Crippen LogP contribution in [0.1, 0.15) is 0 Å². The van der Waals surface area contributed by atoms with Crippen LogP contribution >= 0.6 is 0 Å². The van der Waals surface area contributed by atoms with Gasteiger partial charge in [0.1, 0.15) is 0 Å². The Bertz CT molecular complexity index is 596. The fraction of sp³-hybridized carbons (Fsp3) is 0. The zero-order chi connectivity index (χ0) is 10.3. The number of aromatic nitrogens is 2. The molecule has 0 atom stereocenters. The molecule has 0 fully saturated rings. The summed E-state index contributed by atoms with van der Waals surface area (Å²) in [4.78, 5) is 4.41. The molecule has 0 amide bonds. The third-order valence-corrected chi connectivity index (χ3v) is 2.65. The van der Waals surface area contributed by atoms with Crippen LogP contribution in [0.15, 0.2) is 49.2 Å². The molecule has 0 aliphatic heterocycles. The first-order chi connectivity index (χ1) is 7.42. The number of hydrogen-bond donors (Lipinski definition) is 0. The molecular formula is C13H10N2. The molecule has 1 aromatic carbocycles. The van der Waals surface area contributed by atoms with E-state index in [1.807, 2.05) is 30.6 Å². The highest BCUT2D eigenvalue weighted by molar-refractivity contribution is 6.06. The maximum absolute atomic E-state index is 4.41. The van der Waals surface area contributed by atoms with Gasteiger partial charge in [0.05, 0.1) is 16.6 Å². The van der Waals surface area contributed by atoms with Crippen LogP contribution in [0.4, 0.5) is 0 Å². The molecule has 0 unspecified atom stereocenters. The van der Waals surface area contributed by atoms with Crippen molar-refractivity contribution in [1.29, 1.82) is 0 Å². The highest BCUT2D eigenvalue weighted by atomic mass is 15.0. The summed E-state index contributed by atoms with van der Waals surface area (Å²) >= 11 is 0. The molecule has 3 rings (SSSR count). The summed E-state index contributed by atoms with van der Waals surface area (Å²) < 4.78 is 2.07. The summed E-state index contributed by atoms with van der Waals surface area (Å²) in [6.07, 6.45) is 3.65. The Kier molecular flexibility index (Phi) is 1.62. The fourth-order valence-corrected chi connectivity index (χ4v) is 2.01. The first-order valence-corrected chi connectivity index (χ1v) is 4.88. The maximum Gasteiger partial charge on any atom is 0.0963 e. The number of pyridine rings is 1. The van der Waals surface area contributed by atoms with E-state index in [0.29, 0.717) is 0 Å². The minimum atomic E-state index is 1.04. The van der Waals surface area contributed by atoms with E-state index in [1.54, 1.807) is 0 Å². The van der Waals surface area contributed by atoms with Crippen molar-refractivity contribution < 1.29 is 0 Å². The molecule has 2 heterocycles. The molecule has 2 heteroatoms. The van der Waals surface area contributed by atoms with E-state index in [-0.39, 0.29) is 0 Å². The van der Waals surface area contributed by atoms with E-state index in [2.05, 4.69) is 34.3 Å². The van der Waals surface area contributed by atoms with Gasteiger partial charge in [-0.25, -0.2) is 0 Å². The van der Waals surface area contributed by atoms with Crippen molar-refractivity contribution in [1.82, 2.24) is 9.55 Å². The predicted octanol–water partition coefficient (Wildman–Crippen LogP) is 3.29. The van der Waals surface area contributed by atoms with Gasteiger partial charge >= 0.3 is 0 Å². The molecule has 15 heavy (non-hydrogen) atoms. The highest BCUT2D eigenvalue weighted by Crippen LogP contribution is 2.26. The Labute approximate surface area is 87.5 Å². The van der Waals surface area contributed by atoms with Crippen LogP contribution in [0.5, 0.6) is 0 Å². The number of nitrogens with zero attached hydrogens (tertiary/aromatic N) is 2. The minimum Gasteiger partial charge on any atom is -0.315 e. The molecule has 0 bridgehead atoms. The monoisotopic (exact) mass is 194 g/mol. The molecule has 72 valence electrons. The average Bonchev–Trinajstić information content (AvgIpc) is 2.63. The third kappa shape index (κ3) is 1.02. The van der Waals surface area contributed by atoms with Gasteiger partial charge in [-0.1, -0.05) is 24.8 Å². The molecule has 3 aromatic rings. The fourth-order valence-electron chi connectivity index (χ4n) is 2.01. The Morgan fingerprint density at radius 2 is 1.87 bits per heavy atom. The van der Waals surface area contributed by atoms with Gasteiger partial charge in [0.15, 0.2) is 0 Å². The molecule has 0 spiro atoms. The van der Waals surface area contributed by atoms with Crippen molar-refractivity contribution in [2.45, 2.75) is 0 Å². The number of hydrogen-bond acceptors (Lipinski definition) is 1. The lowest BCUT2D eigenvalue weighted by molar-refractivity contribution is 1.28. The molecular weight excluding hydrogens is 184 g/mol. The van der Waals surface area contributed by atoms with Crippen molar-refractivity contribution in [3.05, 3.63) is 49.2 Å². The summed E-state index contributed by atoms with van der Waals surface area (Å²) in [5.74, 6) is 0. The predicted molar refractivity (Wildman–Crippen MR) is 63.6 cm³/mol. The molecule has 0 saturated carbocycles. The summed E-state index contributed by atoms with van der Waals surface area (Å²) in [6.45, 7) is 3.84. The smallest absolute Gasteiger partial charge is 0.0963 e. The van der Waals surface area contributed by atoms with E-state index < -0.39 is 0 Å². The van der Waals surface area contributed by atoms with Gasteiger partial charge in [-0.3, -0.25) is 4.98 Å². The van der Waals surface area contributed by atoms with Crippen molar-refractivity contribution in [2.75, 3.05) is 0 Å². The molecule has 0 radical (unpaired) electrons. The van der Waals surface area contributed by atoms with Gasteiger partial charge in [-0.2, -0.15) is 0 Å². The van der Waals surface area contributed by atoms with Crippen LogP contribution in [0, 0.1) is 0 Å². The third-order valence-electron chi connectivity index (χ3n) is 2.65. The van der Waals surface area contributed by atoms with Gasteiger partial charge in [-0.15, -0.1) is 0 Å². The lowest BCUT2D eigenvalue weighted by Gasteiger charge is -1.96. The highest BCUT2D eigenvalue weighted by Gasteiger charge is 2.07. The van der Waals surface area contributed by atoms with Crippen LogP contribution in [-0.2, 0) is 0 Å². The van der Waals surface area contributed by atoms with E-state index in [0.717, 1.165) is 16.6 Å². The second-order valence-corrected chi connectivity index (χ2v) is 3.44. The van der Waals surface area contributed by atoms with E-state index >= 15 is 0 Å². The molecule has 0 aliphatic rings. The summed E-state index contributed by atoms with van der Waals surface area (Å²) in [5.41, 5.74) is 3.29. The second kappa shape index (κ2) is 2.95. The average molecular weight is 194 g/mol. The van der Waals surface area contributed by atoms with E-state index in [1.165, 1.54) is 5.39 Å². The molecule has 2 nitrogen and oxygen atoms in total. The van der Waals surface area contributed by atoms with Crippen molar-refractivity contribution >= 4 is 28.1 Å². The van der Waals surface area contributed by atoms with E-state index in [9.17, 15) is 0 Å². The Balaban J connectivity index is 2.68. The lowest BCUT2D eigenvalue weighted by Crippen LogP contribution is -1.83. The number of rotatable bonds is 1. The van der Waals surface area contributed by atoms with Crippen molar-refractivity contribution in [2.24, 2.45) is 0 Å².